The molecule has 4 heterocycles. The van der Waals surface area contributed by atoms with Gasteiger partial charge in [-0.05, 0) is 29.3 Å². The van der Waals surface area contributed by atoms with E-state index in [0.29, 0.717) is 12.5 Å². The van der Waals surface area contributed by atoms with Crippen LogP contribution in [-0.4, -0.2) is 32.0 Å². The highest BCUT2D eigenvalue weighted by atomic mass is 15.1. The number of hydrogen-bond acceptors (Lipinski definition) is 6. The van der Waals surface area contributed by atoms with Crippen molar-refractivity contribution in [1.29, 1.82) is 0 Å². The van der Waals surface area contributed by atoms with Crippen molar-refractivity contribution in [3.8, 4) is 0 Å². The molecular formula is C19H19N7. The highest BCUT2D eigenvalue weighted by Gasteiger charge is 2.05. The van der Waals surface area contributed by atoms with Crippen molar-refractivity contribution < 1.29 is 0 Å². The van der Waals surface area contributed by atoms with E-state index < -0.39 is 0 Å². The second kappa shape index (κ2) is 7.18. The second-order valence-electron chi connectivity index (χ2n) is 5.96. The zero-order valence-corrected chi connectivity index (χ0v) is 14.4. The summed E-state index contributed by atoms with van der Waals surface area (Å²) in [7, 11) is 1.80. The van der Waals surface area contributed by atoms with Gasteiger partial charge >= 0.3 is 0 Å². The summed E-state index contributed by atoms with van der Waals surface area (Å²) < 4.78 is 0. The van der Waals surface area contributed by atoms with Crippen LogP contribution in [0.15, 0.2) is 55.2 Å². The number of nitrogens with one attached hydrogen (secondary N) is 3. The Bertz CT molecular complexity index is 991. The summed E-state index contributed by atoms with van der Waals surface area (Å²) in [5.41, 5.74) is 4.29. The maximum absolute atomic E-state index is 4.50. The van der Waals surface area contributed by atoms with E-state index in [9.17, 15) is 0 Å². The molecule has 0 radical (unpaired) electrons. The van der Waals surface area contributed by atoms with Crippen LogP contribution in [-0.2, 0) is 13.0 Å². The van der Waals surface area contributed by atoms with Crippen LogP contribution in [0, 0.1) is 0 Å². The summed E-state index contributed by atoms with van der Waals surface area (Å²) in [5.74, 6) is 1.44. The van der Waals surface area contributed by atoms with E-state index in [4.69, 9.17) is 0 Å². The molecule has 0 aliphatic rings. The minimum atomic E-state index is 0.615. The number of rotatable bonds is 6. The van der Waals surface area contributed by atoms with Gasteiger partial charge in [0.25, 0.3) is 0 Å². The maximum atomic E-state index is 4.50. The summed E-state index contributed by atoms with van der Waals surface area (Å²) in [4.78, 5) is 20.4. The Morgan fingerprint density at radius 2 is 1.81 bits per heavy atom. The Hall–Kier alpha value is -3.48. The molecule has 0 bridgehead atoms. The zero-order valence-electron chi connectivity index (χ0n) is 14.4. The zero-order chi connectivity index (χ0) is 17.8. The highest BCUT2D eigenvalue weighted by molar-refractivity contribution is 5.79. The molecule has 7 heteroatoms. The van der Waals surface area contributed by atoms with Crippen LogP contribution in [0.4, 0.5) is 11.8 Å². The predicted octanol–water partition coefficient (Wildman–Crippen LogP) is 2.99. The lowest BCUT2D eigenvalue weighted by atomic mass is 10.1. The van der Waals surface area contributed by atoms with Crippen LogP contribution < -0.4 is 10.6 Å². The second-order valence-corrected chi connectivity index (χ2v) is 5.96. The smallest absolute Gasteiger partial charge is 0.222 e. The van der Waals surface area contributed by atoms with E-state index >= 15 is 0 Å². The Labute approximate surface area is 151 Å². The molecule has 26 heavy (non-hydrogen) atoms. The Balaban J connectivity index is 1.40. The quantitative estimate of drug-likeness (QED) is 0.498. The molecule has 4 aromatic heterocycles. The summed E-state index contributed by atoms with van der Waals surface area (Å²) in [6, 6.07) is 8.12. The standard InChI is InChI=1S/C19H19N7/c1-20-19-25-10-14(11-26-19)9-23-17-5-4-13(8-22-17)7-15-12-24-18-16(15)3-2-6-21-18/h2-6,8,10-12H,7,9H2,1H3,(H,21,24)(H,22,23)(H,20,25,26). The van der Waals surface area contributed by atoms with Crippen molar-refractivity contribution in [1.82, 2.24) is 24.9 Å². The fourth-order valence-corrected chi connectivity index (χ4v) is 2.78. The monoisotopic (exact) mass is 345 g/mol. The first-order valence-corrected chi connectivity index (χ1v) is 8.40. The van der Waals surface area contributed by atoms with E-state index in [-0.39, 0.29) is 0 Å². The minimum absolute atomic E-state index is 0.615. The third kappa shape index (κ3) is 3.46. The van der Waals surface area contributed by atoms with E-state index in [1.807, 2.05) is 24.5 Å². The van der Waals surface area contributed by atoms with Gasteiger partial charge in [0.05, 0.1) is 0 Å². The average Bonchev–Trinajstić information content (AvgIpc) is 3.11. The van der Waals surface area contributed by atoms with E-state index in [1.54, 1.807) is 25.6 Å². The lowest BCUT2D eigenvalue weighted by Gasteiger charge is -2.07. The van der Waals surface area contributed by atoms with Crippen LogP contribution in [0.3, 0.4) is 0 Å². The molecule has 4 rings (SSSR count). The number of nitrogens with zero attached hydrogens (tertiary/aromatic N) is 4. The largest absolute Gasteiger partial charge is 0.366 e. The molecule has 0 fully saturated rings. The van der Waals surface area contributed by atoms with Gasteiger partial charge in [-0.2, -0.15) is 0 Å². The van der Waals surface area contributed by atoms with Crippen molar-refractivity contribution in [2.75, 3.05) is 17.7 Å². The fraction of sp³-hybridized carbons (Fsp3) is 0.158. The average molecular weight is 345 g/mol. The molecule has 0 aliphatic carbocycles. The first kappa shape index (κ1) is 16.0. The number of fused-ring (bicyclic) bond motifs is 1. The molecule has 0 aliphatic heterocycles. The van der Waals surface area contributed by atoms with Crippen LogP contribution in [0.25, 0.3) is 11.0 Å². The summed E-state index contributed by atoms with van der Waals surface area (Å²) in [6.07, 6.45) is 10.1. The lowest BCUT2D eigenvalue weighted by Crippen LogP contribution is -2.04. The predicted molar refractivity (Wildman–Crippen MR) is 102 cm³/mol. The van der Waals surface area contributed by atoms with Gasteiger partial charge in [0.15, 0.2) is 0 Å². The van der Waals surface area contributed by atoms with Gasteiger partial charge in [-0.1, -0.05) is 6.07 Å². The first-order valence-electron chi connectivity index (χ1n) is 8.40. The number of hydrogen-bond donors (Lipinski definition) is 3. The number of H-pyrrole nitrogens is 1. The van der Waals surface area contributed by atoms with Crippen molar-refractivity contribution in [3.05, 3.63) is 71.9 Å². The lowest BCUT2D eigenvalue weighted by molar-refractivity contribution is 1.03. The van der Waals surface area contributed by atoms with Gasteiger partial charge in [-0.15, -0.1) is 0 Å². The number of aromatic nitrogens is 5. The molecule has 0 unspecified atom stereocenters. The SMILES string of the molecule is CNc1ncc(CNc2ccc(Cc3c[nH]c4ncccc34)cn2)cn1. The molecule has 0 saturated heterocycles. The van der Waals surface area contributed by atoms with Crippen molar-refractivity contribution in [2.24, 2.45) is 0 Å². The van der Waals surface area contributed by atoms with Crippen molar-refractivity contribution in [3.63, 3.8) is 0 Å². The Morgan fingerprint density at radius 1 is 0.962 bits per heavy atom. The Morgan fingerprint density at radius 3 is 2.58 bits per heavy atom. The van der Waals surface area contributed by atoms with Crippen LogP contribution in [0.5, 0.6) is 0 Å². The van der Waals surface area contributed by atoms with Crippen molar-refractivity contribution in [2.45, 2.75) is 13.0 Å². The maximum Gasteiger partial charge on any atom is 0.222 e. The summed E-state index contributed by atoms with van der Waals surface area (Å²) >= 11 is 0. The van der Waals surface area contributed by atoms with Crippen LogP contribution in [0.2, 0.25) is 0 Å². The van der Waals surface area contributed by atoms with Gasteiger partial charge in [-0.25, -0.2) is 19.9 Å². The highest BCUT2D eigenvalue weighted by Crippen LogP contribution is 2.19. The molecule has 0 aromatic carbocycles. The fourth-order valence-electron chi connectivity index (χ4n) is 2.78. The number of anilines is 2. The van der Waals surface area contributed by atoms with Gasteiger partial charge in [0.1, 0.15) is 11.5 Å². The van der Waals surface area contributed by atoms with Gasteiger partial charge in [0, 0.05) is 61.9 Å². The molecule has 7 nitrogen and oxygen atoms in total. The van der Waals surface area contributed by atoms with Gasteiger partial charge in [-0.3, -0.25) is 0 Å². The molecule has 4 aromatic rings. The third-order valence-corrected chi connectivity index (χ3v) is 4.16. The van der Waals surface area contributed by atoms with Crippen LogP contribution >= 0.6 is 0 Å². The molecular weight excluding hydrogens is 326 g/mol. The first-order chi connectivity index (χ1) is 12.8. The van der Waals surface area contributed by atoms with Crippen molar-refractivity contribution >= 4 is 22.8 Å². The van der Waals surface area contributed by atoms with Crippen LogP contribution in [0.1, 0.15) is 16.7 Å². The molecule has 130 valence electrons. The normalized spacial score (nSPS) is 10.8. The van der Waals surface area contributed by atoms with Gasteiger partial charge < -0.3 is 15.6 Å². The molecule has 0 amide bonds. The number of pyridine rings is 2. The molecule has 0 atom stereocenters. The van der Waals surface area contributed by atoms with E-state index in [0.717, 1.165) is 34.4 Å². The third-order valence-electron chi connectivity index (χ3n) is 4.16. The van der Waals surface area contributed by atoms with Gasteiger partial charge in [0.2, 0.25) is 5.95 Å². The number of aromatic amines is 1. The summed E-state index contributed by atoms with van der Waals surface area (Å²) in [5, 5.41) is 7.34. The minimum Gasteiger partial charge on any atom is -0.366 e. The summed E-state index contributed by atoms with van der Waals surface area (Å²) in [6.45, 7) is 0.629. The Kier molecular flexibility index (Phi) is 4.42. The molecule has 0 spiro atoms. The topological polar surface area (TPSA) is 91.4 Å². The van der Waals surface area contributed by atoms with E-state index in [1.165, 1.54) is 5.56 Å². The van der Waals surface area contributed by atoms with E-state index in [2.05, 4.69) is 47.7 Å². The molecule has 0 saturated carbocycles. The molecule has 3 N–H and O–H groups in total.